The molecule has 1 aromatic heterocycles. The van der Waals surface area contributed by atoms with E-state index in [0.717, 1.165) is 30.3 Å². The number of para-hydroxylation sites is 2. The lowest BCUT2D eigenvalue weighted by Crippen LogP contribution is -2.12. The molecular formula is C15H20N2O2. The number of rotatable bonds is 6. The van der Waals surface area contributed by atoms with Crippen molar-refractivity contribution >= 4 is 16.9 Å². The standard InChI is InChI=1S/C15H20N2O2/c1-3-5-6-11-14(18)17-13-10-8-7-9-12(13)16-15(17)19-4-2/h7-10H,3-6,11H2,1-2H3. The van der Waals surface area contributed by atoms with Crippen molar-refractivity contribution in [3.05, 3.63) is 24.3 Å². The predicted molar refractivity (Wildman–Crippen MR) is 75.7 cm³/mol. The number of carbonyl (C=O) groups excluding carboxylic acids is 1. The van der Waals surface area contributed by atoms with Gasteiger partial charge in [0.2, 0.25) is 5.91 Å². The number of hydrogen-bond acceptors (Lipinski definition) is 3. The summed E-state index contributed by atoms with van der Waals surface area (Å²) in [5, 5.41) is 0. The van der Waals surface area contributed by atoms with Crippen LogP contribution in [0.5, 0.6) is 6.01 Å². The predicted octanol–water partition coefficient (Wildman–Crippen LogP) is 3.66. The van der Waals surface area contributed by atoms with Gasteiger partial charge in [-0.05, 0) is 25.5 Å². The van der Waals surface area contributed by atoms with Crippen molar-refractivity contribution in [1.29, 1.82) is 0 Å². The molecular weight excluding hydrogens is 240 g/mol. The Morgan fingerprint density at radius 2 is 2.05 bits per heavy atom. The zero-order valence-corrected chi connectivity index (χ0v) is 11.6. The molecule has 0 aliphatic carbocycles. The maximum Gasteiger partial charge on any atom is 0.304 e. The van der Waals surface area contributed by atoms with Crippen LogP contribution in [0.3, 0.4) is 0 Å². The van der Waals surface area contributed by atoms with Crippen LogP contribution in [-0.4, -0.2) is 22.1 Å². The minimum atomic E-state index is 0.0607. The number of fused-ring (bicyclic) bond motifs is 1. The smallest absolute Gasteiger partial charge is 0.304 e. The second-order valence-electron chi connectivity index (χ2n) is 4.50. The maximum atomic E-state index is 12.3. The van der Waals surface area contributed by atoms with E-state index in [9.17, 15) is 4.79 Å². The average Bonchev–Trinajstić information content (AvgIpc) is 2.77. The van der Waals surface area contributed by atoms with Crippen molar-refractivity contribution in [2.75, 3.05) is 6.61 Å². The molecule has 2 aromatic rings. The van der Waals surface area contributed by atoms with E-state index in [1.165, 1.54) is 0 Å². The minimum Gasteiger partial charge on any atom is -0.465 e. The highest BCUT2D eigenvalue weighted by Crippen LogP contribution is 2.22. The monoisotopic (exact) mass is 260 g/mol. The van der Waals surface area contributed by atoms with Gasteiger partial charge in [-0.3, -0.25) is 4.79 Å². The number of ether oxygens (including phenoxy) is 1. The van der Waals surface area contributed by atoms with Crippen LogP contribution in [0.25, 0.3) is 11.0 Å². The first-order valence-corrected chi connectivity index (χ1v) is 6.91. The Morgan fingerprint density at radius 1 is 1.26 bits per heavy atom. The van der Waals surface area contributed by atoms with Crippen molar-refractivity contribution in [3.8, 4) is 6.01 Å². The number of hydrogen-bond donors (Lipinski definition) is 0. The lowest BCUT2D eigenvalue weighted by molar-refractivity contribution is 0.0890. The zero-order valence-electron chi connectivity index (χ0n) is 11.6. The van der Waals surface area contributed by atoms with Gasteiger partial charge in [-0.15, -0.1) is 0 Å². The summed E-state index contributed by atoms with van der Waals surface area (Å²) >= 11 is 0. The molecule has 1 aromatic carbocycles. The lowest BCUT2D eigenvalue weighted by atomic mass is 10.2. The third kappa shape index (κ3) is 2.95. The van der Waals surface area contributed by atoms with E-state index in [4.69, 9.17) is 4.74 Å². The first kappa shape index (κ1) is 13.6. The lowest BCUT2D eigenvalue weighted by Gasteiger charge is -2.07. The van der Waals surface area contributed by atoms with E-state index < -0.39 is 0 Å². The van der Waals surface area contributed by atoms with Crippen LogP contribution in [0.15, 0.2) is 24.3 Å². The molecule has 0 bridgehead atoms. The molecule has 4 nitrogen and oxygen atoms in total. The molecule has 0 radical (unpaired) electrons. The van der Waals surface area contributed by atoms with Crippen molar-refractivity contribution in [3.63, 3.8) is 0 Å². The van der Waals surface area contributed by atoms with Gasteiger partial charge in [0.25, 0.3) is 0 Å². The summed E-state index contributed by atoms with van der Waals surface area (Å²) in [6.45, 7) is 4.53. The van der Waals surface area contributed by atoms with Crippen LogP contribution < -0.4 is 4.74 Å². The van der Waals surface area contributed by atoms with Crippen LogP contribution in [0.4, 0.5) is 0 Å². The van der Waals surface area contributed by atoms with Crippen LogP contribution in [0.1, 0.15) is 44.3 Å². The molecule has 0 fully saturated rings. The van der Waals surface area contributed by atoms with Gasteiger partial charge in [-0.25, -0.2) is 4.57 Å². The second-order valence-corrected chi connectivity index (χ2v) is 4.50. The highest BCUT2D eigenvalue weighted by Gasteiger charge is 2.16. The van der Waals surface area contributed by atoms with E-state index in [2.05, 4.69) is 11.9 Å². The van der Waals surface area contributed by atoms with Crippen molar-refractivity contribution in [2.24, 2.45) is 0 Å². The van der Waals surface area contributed by atoms with Crippen LogP contribution in [0, 0.1) is 0 Å². The molecule has 0 atom stereocenters. The van der Waals surface area contributed by atoms with E-state index >= 15 is 0 Å². The summed E-state index contributed by atoms with van der Waals surface area (Å²) in [6.07, 6.45) is 3.63. The minimum absolute atomic E-state index is 0.0607. The first-order valence-electron chi connectivity index (χ1n) is 6.91. The number of imidazole rings is 1. The number of nitrogens with zero attached hydrogens (tertiary/aromatic N) is 2. The summed E-state index contributed by atoms with van der Waals surface area (Å²) in [4.78, 5) is 16.7. The summed E-state index contributed by atoms with van der Waals surface area (Å²) < 4.78 is 7.09. The fraction of sp³-hybridized carbons (Fsp3) is 0.467. The molecule has 0 saturated heterocycles. The van der Waals surface area contributed by atoms with Crippen molar-refractivity contribution in [2.45, 2.75) is 39.5 Å². The first-order chi connectivity index (χ1) is 9.27. The Morgan fingerprint density at radius 3 is 2.79 bits per heavy atom. The Hall–Kier alpha value is -1.84. The van der Waals surface area contributed by atoms with Crippen LogP contribution >= 0.6 is 0 Å². The van der Waals surface area contributed by atoms with Gasteiger partial charge in [-0.2, -0.15) is 4.98 Å². The Labute approximate surface area is 113 Å². The molecule has 19 heavy (non-hydrogen) atoms. The van der Waals surface area contributed by atoms with E-state index in [1.54, 1.807) is 4.57 Å². The third-order valence-corrected chi connectivity index (χ3v) is 3.05. The van der Waals surface area contributed by atoms with E-state index in [1.807, 2.05) is 31.2 Å². The average molecular weight is 260 g/mol. The van der Waals surface area contributed by atoms with Crippen LogP contribution in [0.2, 0.25) is 0 Å². The van der Waals surface area contributed by atoms with Gasteiger partial charge in [0, 0.05) is 6.42 Å². The van der Waals surface area contributed by atoms with Gasteiger partial charge < -0.3 is 4.74 Å². The van der Waals surface area contributed by atoms with Gasteiger partial charge in [0.05, 0.1) is 17.6 Å². The van der Waals surface area contributed by atoms with Crippen molar-refractivity contribution < 1.29 is 9.53 Å². The number of aromatic nitrogens is 2. The summed E-state index contributed by atoms with van der Waals surface area (Å²) in [6, 6.07) is 8.04. The molecule has 1 heterocycles. The molecule has 0 unspecified atom stereocenters. The highest BCUT2D eigenvalue weighted by molar-refractivity contribution is 5.91. The molecule has 2 rings (SSSR count). The SMILES string of the molecule is CCCCCC(=O)n1c(OCC)nc2ccccc21. The number of carbonyl (C=O) groups is 1. The summed E-state index contributed by atoms with van der Waals surface area (Å²) in [5.74, 6) is 0.0607. The van der Waals surface area contributed by atoms with Gasteiger partial charge in [0.1, 0.15) is 0 Å². The van der Waals surface area contributed by atoms with Gasteiger partial charge in [0.15, 0.2) is 0 Å². The molecule has 0 amide bonds. The fourth-order valence-corrected chi connectivity index (χ4v) is 2.11. The summed E-state index contributed by atoms with van der Waals surface area (Å²) in [7, 11) is 0. The Kier molecular flexibility index (Phi) is 4.55. The normalized spacial score (nSPS) is 10.8. The summed E-state index contributed by atoms with van der Waals surface area (Å²) in [5.41, 5.74) is 1.63. The molecule has 0 saturated carbocycles. The highest BCUT2D eigenvalue weighted by atomic mass is 16.5. The van der Waals surface area contributed by atoms with Gasteiger partial charge in [-0.1, -0.05) is 31.9 Å². The number of benzene rings is 1. The van der Waals surface area contributed by atoms with E-state index in [-0.39, 0.29) is 5.91 Å². The third-order valence-electron chi connectivity index (χ3n) is 3.05. The zero-order chi connectivity index (χ0) is 13.7. The van der Waals surface area contributed by atoms with E-state index in [0.29, 0.717) is 19.0 Å². The fourth-order valence-electron chi connectivity index (χ4n) is 2.11. The van der Waals surface area contributed by atoms with Crippen molar-refractivity contribution in [1.82, 2.24) is 9.55 Å². The molecule has 0 aliphatic heterocycles. The molecule has 0 aliphatic rings. The molecule has 0 N–H and O–H groups in total. The van der Waals surface area contributed by atoms with Gasteiger partial charge >= 0.3 is 6.01 Å². The Balaban J connectivity index is 2.32. The molecule has 4 heteroatoms. The largest absolute Gasteiger partial charge is 0.465 e. The molecule has 102 valence electrons. The molecule has 0 spiro atoms. The van der Waals surface area contributed by atoms with Crippen LogP contribution in [-0.2, 0) is 0 Å². The second kappa shape index (κ2) is 6.36. The Bertz CT molecular complexity index is 560. The maximum absolute atomic E-state index is 12.3. The quantitative estimate of drug-likeness (QED) is 0.744. The topological polar surface area (TPSA) is 44.1 Å². The number of unbranched alkanes of at least 4 members (excludes halogenated alkanes) is 2.